The molecule has 1 fully saturated rings. The molecule has 1 aliphatic rings. The average Bonchev–Trinajstić information content (AvgIpc) is 3.21. The Kier molecular flexibility index (Phi) is 5.94. The quantitative estimate of drug-likeness (QED) is 0.358. The summed E-state index contributed by atoms with van der Waals surface area (Å²) in [5.74, 6) is -2.00. The van der Waals surface area contributed by atoms with Crippen molar-refractivity contribution in [2.24, 2.45) is 5.92 Å². The van der Waals surface area contributed by atoms with Crippen molar-refractivity contribution in [1.82, 2.24) is 14.5 Å². The van der Waals surface area contributed by atoms with Crippen LogP contribution in [0.4, 0.5) is 26.3 Å². The van der Waals surface area contributed by atoms with Gasteiger partial charge >= 0.3 is 12.4 Å². The van der Waals surface area contributed by atoms with Gasteiger partial charge in [0, 0.05) is 30.4 Å². The summed E-state index contributed by atoms with van der Waals surface area (Å²) in [7, 11) is 0. The number of nitrogens with zero attached hydrogens (tertiary/aromatic N) is 3. The summed E-state index contributed by atoms with van der Waals surface area (Å²) in [6.45, 7) is -0.124. The first-order valence-electron chi connectivity index (χ1n) is 10.2. The molecule has 0 N–H and O–H groups in total. The van der Waals surface area contributed by atoms with Crippen molar-refractivity contribution < 1.29 is 31.1 Å². The van der Waals surface area contributed by atoms with E-state index in [-0.39, 0.29) is 37.0 Å². The number of aromatic nitrogens is 2. The number of benzene rings is 2. The van der Waals surface area contributed by atoms with Crippen LogP contribution in [-0.4, -0.2) is 39.6 Å². The maximum absolute atomic E-state index is 13.4. The first kappa shape index (κ1) is 22.9. The highest BCUT2D eigenvalue weighted by atomic mass is 19.4. The predicted octanol–water partition coefficient (Wildman–Crippen LogP) is 5.86. The third-order valence-corrected chi connectivity index (χ3v) is 5.71. The van der Waals surface area contributed by atoms with Gasteiger partial charge in [-0.25, -0.2) is 4.98 Å². The Hall–Kier alpha value is -3.30. The van der Waals surface area contributed by atoms with Crippen molar-refractivity contribution in [3.63, 3.8) is 0 Å². The molecule has 1 aliphatic heterocycles. The van der Waals surface area contributed by atoms with Gasteiger partial charge in [-0.05, 0) is 43.2 Å². The van der Waals surface area contributed by atoms with E-state index < -0.39 is 29.7 Å². The van der Waals surface area contributed by atoms with Crippen LogP contribution in [0.25, 0.3) is 22.8 Å². The number of carbonyl (C=O) groups excluding carboxylic acids is 1. The minimum Gasteiger partial charge on any atom is -0.339 e. The van der Waals surface area contributed by atoms with Crippen molar-refractivity contribution in [2.75, 3.05) is 13.1 Å². The van der Waals surface area contributed by atoms with Gasteiger partial charge < -0.3 is 4.90 Å². The summed E-state index contributed by atoms with van der Waals surface area (Å²) in [6, 6.07) is 10.7. The van der Waals surface area contributed by atoms with Crippen molar-refractivity contribution in [3.05, 3.63) is 66.0 Å². The molecule has 4 nitrogen and oxygen atoms in total. The molecule has 0 bridgehead atoms. The fourth-order valence-electron chi connectivity index (χ4n) is 3.95. The van der Waals surface area contributed by atoms with Crippen molar-refractivity contribution >= 4 is 23.0 Å². The van der Waals surface area contributed by atoms with Crippen LogP contribution in [0.15, 0.2) is 54.9 Å². The molecule has 1 saturated heterocycles. The molecule has 10 heteroatoms. The van der Waals surface area contributed by atoms with Gasteiger partial charge in [-0.2, -0.15) is 26.3 Å². The molecular formula is C23H19F6N3O. The molecule has 3 aromatic rings. The summed E-state index contributed by atoms with van der Waals surface area (Å²) in [4.78, 5) is 17.9. The SMILES string of the molecule is O=C(/C=C/c1cc(C(F)(F)F)cc2ncn(-c3ccccc3)c12)N1CCC(C(F)(F)F)CC1. The zero-order valence-electron chi connectivity index (χ0n) is 17.2. The number of para-hydroxylation sites is 1. The minimum atomic E-state index is -4.61. The molecule has 2 heterocycles. The number of imidazole rings is 1. The Morgan fingerprint density at radius 3 is 2.27 bits per heavy atom. The lowest BCUT2D eigenvalue weighted by Gasteiger charge is -2.32. The van der Waals surface area contributed by atoms with Crippen LogP contribution in [0.1, 0.15) is 24.0 Å². The molecule has 0 radical (unpaired) electrons. The van der Waals surface area contributed by atoms with Crippen LogP contribution in [-0.2, 0) is 11.0 Å². The summed E-state index contributed by atoms with van der Waals surface area (Å²) in [5.41, 5.74) is 0.377. The van der Waals surface area contributed by atoms with Crippen LogP contribution in [0, 0.1) is 5.92 Å². The number of rotatable bonds is 3. The van der Waals surface area contributed by atoms with Gasteiger partial charge in [-0.15, -0.1) is 0 Å². The highest BCUT2D eigenvalue weighted by molar-refractivity contribution is 5.95. The predicted molar refractivity (Wildman–Crippen MR) is 110 cm³/mol. The second kappa shape index (κ2) is 8.57. The van der Waals surface area contributed by atoms with Gasteiger partial charge in [-0.3, -0.25) is 9.36 Å². The molecule has 0 atom stereocenters. The van der Waals surface area contributed by atoms with Crippen molar-refractivity contribution in [3.8, 4) is 5.69 Å². The molecule has 33 heavy (non-hydrogen) atoms. The minimum absolute atomic E-state index is 0.0622. The summed E-state index contributed by atoms with van der Waals surface area (Å²) in [6.07, 6.45) is -5.54. The van der Waals surface area contributed by atoms with Gasteiger partial charge in [0.2, 0.25) is 5.91 Å². The van der Waals surface area contributed by atoms with E-state index >= 15 is 0 Å². The van der Waals surface area contributed by atoms with Gasteiger partial charge in [0.1, 0.15) is 6.33 Å². The van der Waals surface area contributed by atoms with E-state index in [0.29, 0.717) is 11.2 Å². The normalized spacial score (nSPS) is 16.1. The lowest BCUT2D eigenvalue weighted by atomic mass is 9.96. The third-order valence-electron chi connectivity index (χ3n) is 5.71. The van der Waals surface area contributed by atoms with Gasteiger partial charge in [0.05, 0.1) is 22.5 Å². The molecule has 0 unspecified atom stereocenters. The summed E-state index contributed by atoms with van der Waals surface area (Å²) in [5, 5.41) is 0. The van der Waals surface area contributed by atoms with Crippen LogP contribution in [0.5, 0.6) is 0 Å². The lowest BCUT2D eigenvalue weighted by molar-refractivity contribution is -0.186. The maximum Gasteiger partial charge on any atom is 0.416 e. The Morgan fingerprint density at radius 2 is 1.67 bits per heavy atom. The van der Waals surface area contributed by atoms with Crippen LogP contribution in [0.2, 0.25) is 0 Å². The average molecular weight is 467 g/mol. The number of alkyl halides is 6. The number of carbonyl (C=O) groups is 1. The van der Waals surface area contributed by atoms with Crippen molar-refractivity contribution in [1.29, 1.82) is 0 Å². The second-order valence-corrected chi connectivity index (χ2v) is 7.86. The Labute approximate surface area is 185 Å². The number of amides is 1. The van der Waals surface area contributed by atoms with Crippen LogP contribution in [0.3, 0.4) is 0 Å². The first-order chi connectivity index (χ1) is 15.5. The summed E-state index contributed by atoms with van der Waals surface area (Å²) >= 11 is 0. The van der Waals surface area contributed by atoms with Crippen LogP contribution < -0.4 is 0 Å². The number of fused-ring (bicyclic) bond motifs is 1. The largest absolute Gasteiger partial charge is 0.416 e. The van der Waals surface area contributed by atoms with Gasteiger partial charge in [-0.1, -0.05) is 18.2 Å². The Bertz CT molecular complexity index is 1170. The molecule has 0 spiro atoms. The lowest BCUT2D eigenvalue weighted by Crippen LogP contribution is -2.41. The molecule has 4 rings (SSSR count). The maximum atomic E-state index is 13.4. The molecule has 1 amide bonds. The third kappa shape index (κ3) is 4.89. The summed E-state index contributed by atoms with van der Waals surface area (Å²) < 4.78 is 80.4. The highest BCUT2D eigenvalue weighted by Crippen LogP contribution is 2.35. The standard InChI is InChI=1S/C23H19F6N3O/c24-22(25,26)16-8-10-31(11-9-16)20(33)7-6-15-12-17(23(27,28)29)13-19-21(15)32(14-30-19)18-4-2-1-3-5-18/h1-7,12-14,16H,8-11H2/b7-6+. The van der Waals surface area contributed by atoms with E-state index in [0.717, 1.165) is 18.2 Å². The number of hydrogen-bond donors (Lipinski definition) is 0. The van der Waals surface area contributed by atoms with Gasteiger partial charge in [0.25, 0.3) is 0 Å². The smallest absolute Gasteiger partial charge is 0.339 e. The van der Waals surface area contributed by atoms with E-state index in [9.17, 15) is 31.1 Å². The highest BCUT2D eigenvalue weighted by Gasteiger charge is 2.41. The monoisotopic (exact) mass is 467 g/mol. The van der Waals surface area contributed by atoms with Gasteiger partial charge in [0.15, 0.2) is 0 Å². The molecule has 2 aromatic carbocycles. The molecule has 1 aromatic heterocycles. The zero-order valence-corrected chi connectivity index (χ0v) is 17.2. The second-order valence-electron chi connectivity index (χ2n) is 7.86. The molecule has 174 valence electrons. The zero-order chi connectivity index (χ0) is 23.8. The van der Waals surface area contributed by atoms with E-state index in [1.54, 1.807) is 34.9 Å². The molecule has 0 aliphatic carbocycles. The van der Waals surface area contributed by atoms with Crippen LogP contribution >= 0.6 is 0 Å². The topological polar surface area (TPSA) is 38.1 Å². The number of hydrogen-bond acceptors (Lipinski definition) is 2. The number of likely N-dealkylation sites (tertiary alicyclic amines) is 1. The number of halogens is 6. The van der Waals surface area contributed by atoms with E-state index in [4.69, 9.17) is 0 Å². The molecular weight excluding hydrogens is 448 g/mol. The fourth-order valence-corrected chi connectivity index (χ4v) is 3.95. The number of piperidine rings is 1. The van der Waals surface area contributed by atoms with E-state index in [1.807, 2.05) is 0 Å². The van der Waals surface area contributed by atoms with Crippen molar-refractivity contribution in [2.45, 2.75) is 25.2 Å². The Morgan fingerprint density at radius 1 is 1.00 bits per heavy atom. The fraction of sp³-hybridized carbons (Fsp3) is 0.304. The van der Waals surface area contributed by atoms with E-state index in [1.165, 1.54) is 17.3 Å². The van der Waals surface area contributed by atoms with E-state index in [2.05, 4.69) is 4.98 Å². The molecule has 0 saturated carbocycles. The first-order valence-corrected chi connectivity index (χ1v) is 10.2. The Balaban J connectivity index is 1.66.